The molecular formula is C18H13BrO3. The lowest BCUT2D eigenvalue weighted by molar-refractivity contribution is 0.0731. The predicted molar refractivity (Wildman–Crippen MR) is 89.5 cm³/mol. The zero-order valence-electron chi connectivity index (χ0n) is 11.8. The SMILES string of the molecule is Cc1cc2ccc(Br)cc2c(O)c1C(=O)Oc1ccccc1. The molecule has 22 heavy (non-hydrogen) atoms. The number of esters is 1. The second-order valence-electron chi connectivity index (χ2n) is 4.99. The minimum atomic E-state index is -0.567. The van der Waals surface area contributed by atoms with Gasteiger partial charge in [-0.25, -0.2) is 4.79 Å². The second kappa shape index (κ2) is 5.81. The van der Waals surface area contributed by atoms with E-state index in [0.29, 0.717) is 16.7 Å². The van der Waals surface area contributed by atoms with Crippen LogP contribution in [0.15, 0.2) is 59.1 Å². The number of para-hydroxylation sites is 1. The normalized spacial score (nSPS) is 10.6. The predicted octanol–water partition coefficient (Wildman–Crippen LogP) is 4.84. The van der Waals surface area contributed by atoms with Gasteiger partial charge in [-0.15, -0.1) is 0 Å². The van der Waals surface area contributed by atoms with Gasteiger partial charge in [0.25, 0.3) is 0 Å². The van der Waals surface area contributed by atoms with Crippen LogP contribution >= 0.6 is 15.9 Å². The van der Waals surface area contributed by atoms with Crippen molar-refractivity contribution in [2.75, 3.05) is 0 Å². The Bertz CT molecular complexity index is 857. The molecule has 110 valence electrons. The van der Waals surface area contributed by atoms with E-state index in [0.717, 1.165) is 9.86 Å². The van der Waals surface area contributed by atoms with Crippen molar-refractivity contribution in [3.8, 4) is 11.5 Å². The van der Waals surface area contributed by atoms with Crippen LogP contribution in [-0.2, 0) is 0 Å². The molecule has 0 bridgehead atoms. The highest BCUT2D eigenvalue weighted by atomic mass is 79.9. The van der Waals surface area contributed by atoms with E-state index in [2.05, 4.69) is 15.9 Å². The summed E-state index contributed by atoms with van der Waals surface area (Å²) in [5, 5.41) is 12.0. The molecule has 3 aromatic carbocycles. The van der Waals surface area contributed by atoms with Crippen molar-refractivity contribution in [2.24, 2.45) is 0 Å². The minimum absolute atomic E-state index is 0.0581. The first-order valence-corrected chi connectivity index (χ1v) is 7.54. The van der Waals surface area contributed by atoms with Gasteiger partial charge < -0.3 is 9.84 Å². The minimum Gasteiger partial charge on any atom is -0.506 e. The quantitative estimate of drug-likeness (QED) is 0.528. The van der Waals surface area contributed by atoms with Gasteiger partial charge in [-0.2, -0.15) is 0 Å². The maximum absolute atomic E-state index is 12.4. The molecule has 0 saturated carbocycles. The number of aryl methyl sites for hydroxylation is 1. The Morgan fingerprint density at radius 3 is 2.55 bits per heavy atom. The van der Waals surface area contributed by atoms with Gasteiger partial charge in [0.15, 0.2) is 0 Å². The highest BCUT2D eigenvalue weighted by Gasteiger charge is 2.19. The average molecular weight is 357 g/mol. The molecule has 3 aromatic rings. The lowest BCUT2D eigenvalue weighted by Crippen LogP contribution is -2.10. The van der Waals surface area contributed by atoms with E-state index in [9.17, 15) is 9.90 Å². The Kier molecular flexibility index (Phi) is 3.86. The number of rotatable bonds is 2. The highest BCUT2D eigenvalue weighted by Crippen LogP contribution is 2.34. The monoisotopic (exact) mass is 356 g/mol. The van der Waals surface area contributed by atoms with Crippen molar-refractivity contribution in [1.29, 1.82) is 0 Å². The maximum Gasteiger partial charge on any atom is 0.347 e. The zero-order valence-corrected chi connectivity index (χ0v) is 13.4. The van der Waals surface area contributed by atoms with Crippen molar-refractivity contribution in [3.05, 3.63) is 70.2 Å². The lowest BCUT2D eigenvalue weighted by atomic mass is 10.0. The van der Waals surface area contributed by atoms with Crippen LogP contribution in [0.4, 0.5) is 0 Å². The van der Waals surface area contributed by atoms with Crippen LogP contribution < -0.4 is 4.74 Å². The van der Waals surface area contributed by atoms with E-state index in [1.165, 1.54) is 0 Å². The number of hydrogen-bond acceptors (Lipinski definition) is 3. The van der Waals surface area contributed by atoms with E-state index in [1.54, 1.807) is 37.3 Å². The number of phenols is 1. The van der Waals surface area contributed by atoms with Crippen LogP contribution in [0.5, 0.6) is 11.5 Å². The van der Waals surface area contributed by atoms with E-state index in [-0.39, 0.29) is 11.3 Å². The largest absolute Gasteiger partial charge is 0.506 e. The summed E-state index contributed by atoms with van der Waals surface area (Å²) in [5.74, 6) is -0.180. The Hall–Kier alpha value is -2.33. The van der Waals surface area contributed by atoms with E-state index in [4.69, 9.17) is 4.74 Å². The van der Waals surface area contributed by atoms with Gasteiger partial charge in [0.2, 0.25) is 0 Å². The van der Waals surface area contributed by atoms with Crippen molar-refractivity contribution in [1.82, 2.24) is 0 Å². The van der Waals surface area contributed by atoms with Gasteiger partial charge in [-0.05, 0) is 42.1 Å². The summed E-state index contributed by atoms with van der Waals surface area (Å²) in [6.45, 7) is 1.78. The molecule has 0 amide bonds. The van der Waals surface area contributed by atoms with Crippen LogP contribution in [0.1, 0.15) is 15.9 Å². The van der Waals surface area contributed by atoms with Gasteiger partial charge in [0.05, 0.1) is 0 Å². The van der Waals surface area contributed by atoms with Crippen LogP contribution in [0, 0.1) is 6.92 Å². The number of fused-ring (bicyclic) bond motifs is 1. The maximum atomic E-state index is 12.4. The van der Waals surface area contributed by atoms with Crippen LogP contribution in [0.25, 0.3) is 10.8 Å². The summed E-state index contributed by atoms with van der Waals surface area (Å²) in [6.07, 6.45) is 0. The molecule has 0 aliphatic rings. The van der Waals surface area contributed by atoms with Crippen molar-refractivity contribution in [2.45, 2.75) is 6.92 Å². The van der Waals surface area contributed by atoms with Gasteiger partial charge in [-0.3, -0.25) is 0 Å². The first kappa shape index (κ1) is 14.6. The summed E-state index contributed by atoms with van der Waals surface area (Å²) in [6, 6.07) is 16.2. The summed E-state index contributed by atoms with van der Waals surface area (Å²) < 4.78 is 6.17. The standard InChI is InChI=1S/C18H13BrO3/c1-11-9-12-7-8-13(19)10-15(12)17(20)16(11)18(21)22-14-5-3-2-4-6-14/h2-10,20H,1H3. The number of hydrogen-bond donors (Lipinski definition) is 1. The Balaban J connectivity index is 2.08. The third-order valence-corrected chi connectivity index (χ3v) is 3.92. The number of carbonyl (C=O) groups excluding carboxylic acids is 1. The number of ether oxygens (including phenoxy) is 1. The molecule has 0 heterocycles. The first-order chi connectivity index (χ1) is 10.6. The molecule has 4 heteroatoms. The van der Waals surface area contributed by atoms with Crippen LogP contribution in [0.2, 0.25) is 0 Å². The third kappa shape index (κ3) is 2.70. The zero-order chi connectivity index (χ0) is 15.7. The van der Waals surface area contributed by atoms with Crippen molar-refractivity contribution in [3.63, 3.8) is 0 Å². The number of carbonyl (C=O) groups is 1. The Morgan fingerprint density at radius 1 is 1.09 bits per heavy atom. The molecule has 3 rings (SSSR count). The Morgan fingerprint density at radius 2 is 1.82 bits per heavy atom. The van der Waals surface area contributed by atoms with Crippen molar-refractivity contribution >= 4 is 32.7 Å². The highest BCUT2D eigenvalue weighted by molar-refractivity contribution is 9.10. The molecular weight excluding hydrogens is 344 g/mol. The smallest absolute Gasteiger partial charge is 0.347 e. The third-order valence-electron chi connectivity index (χ3n) is 3.43. The van der Waals surface area contributed by atoms with Crippen LogP contribution in [0.3, 0.4) is 0 Å². The van der Waals surface area contributed by atoms with Gasteiger partial charge >= 0.3 is 5.97 Å². The van der Waals surface area contributed by atoms with Gasteiger partial charge in [0.1, 0.15) is 17.1 Å². The molecule has 3 nitrogen and oxygen atoms in total. The molecule has 0 unspecified atom stereocenters. The molecule has 0 spiro atoms. The first-order valence-electron chi connectivity index (χ1n) is 6.75. The molecule has 0 atom stereocenters. The number of halogens is 1. The fraction of sp³-hybridized carbons (Fsp3) is 0.0556. The van der Waals surface area contributed by atoms with E-state index < -0.39 is 5.97 Å². The lowest BCUT2D eigenvalue weighted by Gasteiger charge is -2.11. The summed E-state index contributed by atoms with van der Waals surface area (Å²) in [4.78, 5) is 12.4. The van der Waals surface area contributed by atoms with Crippen molar-refractivity contribution < 1.29 is 14.6 Å². The number of phenolic OH excluding ortho intramolecular Hbond substituents is 1. The second-order valence-corrected chi connectivity index (χ2v) is 5.90. The molecule has 0 aliphatic carbocycles. The van der Waals surface area contributed by atoms with Gasteiger partial charge in [0, 0.05) is 9.86 Å². The summed E-state index contributed by atoms with van der Waals surface area (Å²) >= 11 is 3.37. The number of benzene rings is 3. The molecule has 0 fully saturated rings. The molecule has 0 saturated heterocycles. The molecule has 1 N–H and O–H groups in total. The van der Waals surface area contributed by atoms with E-state index >= 15 is 0 Å². The molecule has 0 radical (unpaired) electrons. The van der Waals surface area contributed by atoms with Crippen LogP contribution in [-0.4, -0.2) is 11.1 Å². The van der Waals surface area contributed by atoms with E-state index in [1.807, 2.05) is 24.3 Å². The Labute approximate surface area is 136 Å². The van der Waals surface area contributed by atoms with Gasteiger partial charge in [-0.1, -0.05) is 46.3 Å². The summed E-state index contributed by atoms with van der Waals surface area (Å²) in [7, 11) is 0. The fourth-order valence-electron chi connectivity index (χ4n) is 2.39. The number of aromatic hydroxyl groups is 1. The fourth-order valence-corrected chi connectivity index (χ4v) is 2.75. The molecule has 0 aromatic heterocycles. The summed E-state index contributed by atoms with van der Waals surface area (Å²) in [5.41, 5.74) is 0.864. The topological polar surface area (TPSA) is 46.5 Å². The average Bonchev–Trinajstić information content (AvgIpc) is 2.49. The molecule has 0 aliphatic heterocycles.